The summed E-state index contributed by atoms with van der Waals surface area (Å²) in [5.41, 5.74) is 0.998. The highest BCUT2D eigenvalue weighted by atomic mass is 16.5. The summed E-state index contributed by atoms with van der Waals surface area (Å²) in [5.74, 6) is -0.190. The normalized spacial score (nSPS) is 24.7. The molecule has 1 aromatic rings. The lowest BCUT2D eigenvalue weighted by Gasteiger charge is -2.18. The molecule has 1 N–H and O–H groups in total. The number of carbonyl (C=O) groups excluding carboxylic acids is 1. The average Bonchev–Trinajstić information content (AvgIpc) is 3.02. The third kappa shape index (κ3) is 6.01. The van der Waals surface area contributed by atoms with Crippen molar-refractivity contribution < 1.29 is 9.53 Å². The second kappa shape index (κ2) is 10.1. The predicted molar refractivity (Wildman–Crippen MR) is 106 cm³/mol. The standard InChI is InChI=1S/C22H30N2O2/c25-21(17-16-18-12-8-7-9-13-18)24-22-23-19-14-10-5-3-1-2-4-6-11-15-20(19)26-22/h7-9,12-13,16-17,19-20H,1-6,10-11,14-15H2,(H,23,24,25). The summed E-state index contributed by atoms with van der Waals surface area (Å²) in [6.07, 6.45) is 15.9. The van der Waals surface area contributed by atoms with Gasteiger partial charge in [-0.3, -0.25) is 10.1 Å². The van der Waals surface area contributed by atoms with E-state index in [1.54, 1.807) is 6.08 Å². The second-order valence-corrected chi connectivity index (χ2v) is 7.30. The van der Waals surface area contributed by atoms with Crippen LogP contribution >= 0.6 is 0 Å². The maximum atomic E-state index is 12.2. The first-order valence-corrected chi connectivity index (χ1v) is 10.1. The topological polar surface area (TPSA) is 50.7 Å². The molecule has 1 aliphatic heterocycles. The van der Waals surface area contributed by atoms with E-state index in [2.05, 4.69) is 10.3 Å². The van der Waals surface area contributed by atoms with Crippen molar-refractivity contribution in [3.05, 3.63) is 42.0 Å². The monoisotopic (exact) mass is 354 g/mol. The molecule has 1 aromatic carbocycles. The SMILES string of the molecule is O=C(C=Cc1ccccc1)NC1=NC2CCCCCCCCCCC2O1. The van der Waals surface area contributed by atoms with Crippen LogP contribution in [0.25, 0.3) is 6.08 Å². The summed E-state index contributed by atoms with van der Waals surface area (Å²) in [6, 6.07) is 10.4. The van der Waals surface area contributed by atoms with Crippen molar-refractivity contribution in [3.8, 4) is 0 Å². The first-order chi connectivity index (χ1) is 12.8. The molecule has 4 heteroatoms. The van der Waals surface area contributed by atoms with Crippen molar-refractivity contribution in [2.24, 2.45) is 4.99 Å². The van der Waals surface area contributed by atoms with Crippen molar-refractivity contribution in [2.75, 3.05) is 0 Å². The molecule has 26 heavy (non-hydrogen) atoms. The maximum absolute atomic E-state index is 12.2. The Bertz CT molecular complexity index is 624. The first-order valence-electron chi connectivity index (χ1n) is 10.1. The van der Waals surface area contributed by atoms with Gasteiger partial charge in [-0.2, -0.15) is 0 Å². The Morgan fingerprint density at radius 3 is 2.35 bits per heavy atom. The van der Waals surface area contributed by atoms with Gasteiger partial charge in [-0.1, -0.05) is 75.3 Å². The van der Waals surface area contributed by atoms with E-state index in [0.717, 1.165) is 18.4 Å². The number of carbonyl (C=O) groups is 1. The number of fused-ring (bicyclic) bond motifs is 1. The van der Waals surface area contributed by atoms with Crippen LogP contribution in [0.3, 0.4) is 0 Å². The third-order valence-electron chi connectivity index (χ3n) is 5.17. The molecule has 2 atom stereocenters. The van der Waals surface area contributed by atoms with Gasteiger partial charge in [-0.05, 0) is 30.9 Å². The van der Waals surface area contributed by atoms with Crippen LogP contribution in [0.4, 0.5) is 0 Å². The van der Waals surface area contributed by atoms with Gasteiger partial charge in [0.25, 0.3) is 11.9 Å². The Hall–Kier alpha value is -2.10. The van der Waals surface area contributed by atoms with Crippen LogP contribution in [0.1, 0.15) is 69.8 Å². The Kier molecular flexibility index (Phi) is 7.29. The Balaban J connectivity index is 1.53. The number of nitrogens with zero attached hydrogens (tertiary/aromatic N) is 1. The highest BCUT2D eigenvalue weighted by Gasteiger charge is 2.30. The van der Waals surface area contributed by atoms with Crippen LogP contribution in [0.2, 0.25) is 0 Å². The van der Waals surface area contributed by atoms with E-state index in [-0.39, 0.29) is 18.1 Å². The van der Waals surface area contributed by atoms with Gasteiger partial charge >= 0.3 is 0 Å². The van der Waals surface area contributed by atoms with E-state index in [1.807, 2.05) is 30.3 Å². The summed E-state index contributed by atoms with van der Waals surface area (Å²) in [6.45, 7) is 0. The lowest BCUT2D eigenvalue weighted by Crippen LogP contribution is -2.31. The number of amidine groups is 1. The average molecular weight is 354 g/mol. The molecule has 2 unspecified atom stereocenters. The molecule has 1 amide bonds. The number of nitrogens with one attached hydrogen (secondary N) is 1. The maximum Gasteiger partial charge on any atom is 0.292 e. The Labute approximate surface area is 156 Å². The zero-order chi connectivity index (χ0) is 18.0. The van der Waals surface area contributed by atoms with Gasteiger partial charge in [-0.15, -0.1) is 0 Å². The molecule has 1 aliphatic carbocycles. The zero-order valence-corrected chi connectivity index (χ0v) is 15.5. The van der Waals surface area contributed by atoms with Crippen molar-refractivity contribution in [3.63, 3.8) is 0 Å². The van der Waals surface area contributed by atoms with Crippen LogP contribution in [0, 0.1) is 0 Å². The van der Waals surface area contributed by atoms with Crippen LogP contribution in [0.5, 0.6) is 0 Å². The summed E-state index contributed by atoms with van der Waals surface area (Å²) < 4.78 is 5.98. The van der Waals surface area contributed by atoms with Crippen molar-refractivity contribution in [1.82, 2.24) is 5.32 Å². The minimum Gasteiger partial charge on any atom is -0.459 e. The smallest absolute Gasteiger partial charge is 0.292 e. The number of rotatable bonds is 2. The molecule has 1 heterocycles. The summed E-state index contributed by atoms with van der Waals surface area (Å²) in [5, 5.41) is 2.80. The summed E-state index contributed by atoms with van der Waals surface area (Å²) in [4.78, 5) is 16.8. The molecule has 0 spiro atoms. The molecule has 140 valence electrons. The van der Waals surface area contributed by atoms with E-state index in [1.165, 1.54) is 57.4 Å². The van der Waals surface area contributed by atoms with Gasteiger partial charge in [0, 0.05) is 6.08 Å². The summed E-state index contributed by atoms with van der Waals surface area (Å²) >= 11 is 0. The molecule has 0 bridgehead atoms. The van der Waals surface area contributed by atoms with E-state index in [0.29, 0.717) is 6.02 Å². The van der Waals surface area contributed by atoms with Gasteiger partial charge < -0.3 is 4.74 Å². The fourth-order valence-electron chi connectivity index (χ4n) is 3.69. The number of benzene rings is 1. The van der Waals surface area contributed by atoms with E-state index in [4.69, 9.17) is 4.74 Å². The van der Waals surface area contributed by atoms with Crippen LogP contribution in [0.15, 0.2) is 41.4 Å². The van der Waals surface area contributed by atoms with Gasteiger partial charge in [0.2, 0.25) is 0 Å². The van der Waals surface area contributed by atoms with Gasteiger partial charge in [0.05, 0.1) is 6.04 Å². The van der Waals surface area contributed by atoms with Crippen molar-refractivity contribution in [2.45, 2.75) is 76.4 Å². The molecule has 1 fully saturated rings. The number of aliphatic imine (C=N–C) groups is 1. The lowest BCUT2D eigenvalue weighted by atomic mass is 9.96. The Morgan fingerprint density at radius 1 is 0.962 bits per heavy atom. The quantitative estimate of drug-likeness (QED) is 0.772. The van der Waals surface area contributed by atoms with Crippen LogP contribution in [-0.2, 0) is 9.53 Å². The predicted octanol–water partition coefficient (Wildman–Crippen LogP) is 4.85. The van der Waals surface area contributed by atoms with Gasteiger partial charge in [0.15, 0.2) is 0 Å². The van der Waals surface area contributed by atoms with Crippen LogP contribution < -0.4 is 5.32 Å². The van der Waals surface area contributed by atoms with Gasteiger partial charge in [0.1, 0.15) is 6.10 Å². The summed E-state index contributed by atoms with van der Waals surface area (Å²) in [7, 11) is 0. The molecule has 0 saturated heterocycles. The molecule has 4 nitrogen and oxygen atoms in total. The minimum atomic E-state index is -0.190. The molecule has 2 aliphatic rings. The molecule has 0 aromatic heterocycles. The van der Waals surface area contributed by atoms with Crippen molar-refractivity contribution >= 4 is 18.0 Å². The molecule has 1 saturated carbocycles. The van der Waals surface area contributed by atoms with E-state index < -0.39 is 0 Å². The van der Waals surface area contributed by atoms with Crippen molar-refractivity contribution in [1.29, 1.82) is 0 Å². The fourth-order valence-corrected chi connectivity index (χ4v) is 3.69. The van der Waals surface area contributed by atoms with Gasteiger partial charge in [-0.25, -0.2) is 4.99 Å². The molecular weight excluding hydrogens is 324 g/mol. The molecular formula is C22H30N2O2. The van der Waals surface area contributed by atoms with Crippen LogP contribution in [-0.4, -0.2) is 24.1 Å². The number of ether oxygens (including phenoxy) is 1. The van der Waals surface area contributed by atoms with E-state index >= 15 is 0 Å². The first kappa shape index (κ1) is 18.7. The molecule has 3 rings (SSSR count). The van der Waals surface area contributed by atoms with E-state index in [9.17, 15) is 4.79 Å². The third-order valence-corrected chi connectivity index (χ3v) is 5.17. The number of amides is 1. The Morgan fingerprint density at radius 2 is 1.62 bits per heavy atom. The molecule has 0 radical (unpaired) electrons. The second-order valence-electron chi connectivity index (χ2n) is 7.30. The fraction of sp³-hybridized carbons (Fsp3) is 0.545. The highest BCUT2D eigenvalue weighted by molar-refractivity contribution is 6.02. The minimum absolute atomic E-state index is 0.128. The zero-order valence-electron chi connectivity index (χ0n) is 15.5. The number of hydrogen-bond donors (Lipinski definition) is 1. The number of hydrogen-bond acceptors (Lipinski definition) is 3. The highest BCUT2D eigenvalue weighted by Crippen LogP contribution is 2.25. The lowest BCUT2D eigenvalue weighted by molar-refractivity contribution is -0.115. The largest absolute Gasteiger partial charge is 0.459 e.